The number of carbonyl (C=O) groups excluding carboxylic acids is 1. The number of fused-ring (bicyclic) bond motifs is 1. The summed E-state index contributed by atoms with van der Waals surface area (Å²) >= 11 is 1.42. The summed E-state index contributed by atoms with van der Waals surface area (Å²) in [7, 11) is 0. The molecule has 0 saturated carbocycles. The number of amides is 1. The molecule has 1 aliphatic heterocycles. The van der Waals surface area contributed by atoms with E-state index < -0.39 is 0 Å². The number of carbonyl (C=O) groups is 1. The average Bonchev–Trinajstić information content (AvgIpc) is 3.01. The van der Waals surface area contributed by atoms with Crippen molar-refractivity contribution in [1.82, 2.24) is 15.2 Å². The predicted molar refractivity (Wildman–Crippen MR) is 74.6 cm³/mol. The quantitative estimate of drug-likeness (QED) is 0.893. The molecule has 7 heteroatoms. The van der Waals surface area contributed by atoms with Gasteiger partial charge in [-0.2, -0.15) is 5.10 Å². The normalized spacial score (nSPS) is 14.3. The van der Waals surface area contributed by atoms with Crippen molar-refractivity contribution in [2.75, 3.05) is 23.3 Å². The van der Waals surface area contributed by atoms with Gasteiger partial charge in [-0.25, -0.2) is 4.98 Å². The van der Waals surface area contributed by atoms with E-state index in [0.717, 1.165) is 30.9 Å². The summed E-state index contributed by atoms with van der Waals surface area (Å²) < 4.78 is 0. The van der Waals surface area contributed by atoms with Crippen molar-refractivity contribution in [1.29, 1.82) is 0 Å². The van der Waals surface area contributed by atoms with Crippen molar-refractivity contribution in [3.63, 3.8) is 0 Å². The zero-order valence-corrected chi connectivity index (χ0v) is 11.5. The van der Waals surface area contributed by atoms with Crippen molar-refractivity contribution < 1.29 is 4.79 Å². The van der Waals surface area contributed by atoms with Crippen LogP contribution in [0.15, 0.2) is 11.6 Å². The number of rotatable bonds is 3. The summed E-state index contributed by atoms with van der Waals surface area (Å²) in [5.74, 6) is 0.862. The predicted octanol–water partition coefficient (Wildman–Crippen LogP) is 1.57. The molecular weight excluding hydrogens is 262 g/mol. The fourth-order valence-corrected chi connectivity index (χ4v) is 2.87. The lowest BCUT2D eigenvalue weighted by molar-refractivity contribution is -0.115. The molecule has 0 radical (unpaired) electrons. The van der Waals surface area contributed by atoms with Crippen LogP contribution in [0.25, 0.3) is 0 Å². The second kappa shape index (κ2) is 5.00. The minimum Gasteiger partial charge on any atom is -0.346 e. The van der Waals surface area contributed by atoms with E-state index in [1.165, 1.54) is 16.9 Å². The molecule has 19 heavy (non-hydrogen) atoms. The maximum Gasteiger partial charge on any atom is 0.245 e. The number of H-pyrrole nitrogens is 1. The summed E-state index contributed by atoms with van der Waals surface area (Å²) in [5, 5.41) is 12.6. The SMILES string of the molecule is Cc1[nH]nc2c1CCCN2CC(=O)Nc1nccs1. The maximum atomic E-state index is 12.0. The third kappa shape index (κ3) is 2.46. The fourth-order valence-electron chi connectivity index (χ4n) is 2.32. The highest BCUT2D eigenvalue weighted by atomic mass is 32.1. The van der Waals surface area contributed by atoms with Crippen LogP contribution >= 0.6 is 11.3 Å². The monoisotopic (exact) mass is 277 g/mol. The minimum absolute atomic E-state index is 0.0524. The van der Waals surface area contributed by atoms with E-state index in [4.69, 9.17) is 0 Å². The highest BCUT2D eigenvalue weighted by molar-refractivity contribution is 7.13. The van der Waals surface area contributed by atoms with E-state index in [-0.39, 0.29) is 5.91 Å². The Morgan fingerprint density at radius 2 is 2.53 bits per heavy atom. The first-order chi connectivity index (χ1) is 9.24. The molecule has 1 aliphatic rings. The van der Waals surface area contributed by atoms with Gasteiger partial charge in [0.05, 0.1) is 6.54 Å². The molecule has 2 aromatic heterocycles. The largest absolute Gasteiger partial charge is 0.346 e. The van der Waals surface area contributed by atoms with E-state index in [1.54, 1.807) is 6.20 Å². The highest BCUT2D eigenvalue weighted by Gasteiger charge is 2.23. The van der Waals surface area contributed by atoms with Crippen LogP contribution in [0, 0.1) is 6.92 Å². The number of aromatic nitrogens is 3. The number of anilines is 2. The lowest BCUT2D eigenvalue weighted by Gasteiger charge is -2.26. The summed E-state index contributed by atoms with van der Waals surface area (Å²) in [5.41, 5.74) is 2.33. The van der Waals surface area contributed by atoms with Crippen LogP contribution in [0.2, 0.25) is 0 Å². The number of hydrogen-bond donors (Lipinski definition) is 2. The van der Waals surface area contributed by atoms with Gasteiger partial charge in [0, 0.05) is 29.4 Å². The Hall–Kier alpha value is -1.89. The molecular formula is C12H15N5OS. The number of nitrogens with one attached hydrogen (secondary N) is 2. The Kier molecular flexibility index (Phi) is 3.20. The summed E-state index contributed by atoms with van der Waals surface area (Å²) in [6.07, 6.45) is 3.76. The first-order valence-electron chi connectivity index (χ1n) is 6.22. The first-order valence-corrected chi connectivity index (χ1v) is 7.10. The van der Waals surface area contributed by atoms with Gasteiger partial charge in [0.15, 0.2) is 10.9 Å². The minimum atomic E-state index is -0.0524. The van der Waals surface area contributed by atoms with Gasteiger partial charge in [-0.15, -0.1) is 11.3 Å². The Bertz CT molecular complexity index is 577. The number of thiazole rings is 1. The number of aromatic amines is 1. The highest BCUT2D eigenvalue weighted by Crippen LogP contribution is 2.26. The Labute approximate surface area is 114 Å². The molecule has 2 aromatic rings. The van der Waals surface area contributed by atoms with E-state index in [9.17, 15) is 4.79 Å². The molecule has 3 heterocycles. The fraction of sp³-hybridized carbons (Fsp3) is 0.417. The molecule has 0 atom stereocenters. The summed E-state index contributed by atoms with van der Waals surface area (Å²) in [6.45, 7) is 3.20. The molecule has 3 rings (SSSR count). The van der Waals surface area contributed by atoms with Crippen molar-refractivity contribution >= 4 is 28.2 Å². The van der Waals surface area contributed by atoms with Crippen molar-refractivity contribution in [2.45, 2.75) is 19.8 Å². The second-order valence-electron chi connectivity index (χ2n) is 4.56. The van der Waals surface area contributed by atoms with Crippen LogP contribution in [0.1, 0.15) is 17.7 Å². The summed E-state index contributed by atoms with van der Waals surface area (Å²) in [4.78, 5) is 18.0. The van der Waals surface area contributed by atoms with E-state index in [0.29, 0.717) is 11.7 Å². The van der Waals surface area contributed by atoms with Crippen molar-refractivity contribution in [3.8, 4) is 0 Å². The lowest BCUT2D eigenvalue weighted by Crippen LogP contribution is -2.36. The molecule has 0 aliphatic carbocycles. The van der Waals surface area contributed by atoms with Crippen molar-refractivity contribution in [3.05, 3.63) is 22.8 Å². The number of hydrogen-bond acceptors (Lipinski definition) is 5. The van der Waals surface area contributed by atoms with Gasteiger partial charge in [-0.05, 0) is 19.8 Å². The van der Waals surface area contributed by atoms with Gasteiger partial charge in [0.1, 0.15) is 0 Å². The molecule has 1 amide bonds. The van der Waals surface area contributed by atoms with Gasteiger partial charge >= 0.3 is 0 Å². The Balaban J connectivity index is 1.69. The zero-order valence-electron chi connectivity index (χ0n) is 10.6. The van der Waals surface area contributed by atoms with Gasteiger partial charge in [0.25, 0.3) is 0 Å². The lowest BCUT2D eigenvalue weighted by atomic mass is 10.1. The molecule has 0 aromatic carbocycles. The van der Waals surface area contributed by atoms with Crippen LogP contribution in [0.4, 0.5) is 10.9 Å². The van der Waals surface area contributed by atoms with Gasteiger partial charge in [-0.3, -0.25) is 9.89 Å². The third-order valence-corrected chi connectivity index (χ3v) is 3.91. The van der Waals surface area contributed by atoms with Crippen LogP contribution in [-0.2, 0) is 11.2 Å². The molecule has 6 nitrogen and oxygen atoms in total. The molecule has 2 N–H and O–H groups in total. The van der Waals surface area contributed by atoms with E-state index >= 15 is 0 Å². The van der Waals surface area contributed by atoms with Gasteiger partial charge in [0.2, 0.25) is 5.91 Å². The summed E-state index contributed by atoms with van der Waals surface area (Å²) in [6, 6.07) is 0. The van der Waals surface area contributed by atoms with Crippen LogP contribution < -0.4 is 10.2 Å². The van der Waals surface area contributed by atoms with Gasteiger partial charge < -0.3 is 10.2 Å². The third-order valence-electron chi connectivity index (χ3n) is 3.22. The maximum absolute atomic E-state index is 12.0. The zero-order chi connectivity index (χ0) is 13.2. The first kappa shape index (κ1) is 12.2. The van der Waals surface area contributed by atoms with E-state index in [1.807, 2.05) is 17.2 Å². The Morgan fingerprint density at radius 1 is 1.63 bits per heavy atom. The smallest absolute Gasteiger partial charge is 0.245 e. The van der Waals surface area contributed by atoms with Crippen LogP contribution in [-0.4, -0.2) is 34.2 Å². The Morgan fingerprint density at radius 3 is 3.32 bits per heavy atom. The molecule has 100 valence electrons. The molecule has 0 spiro atoms. The molecule has 0 saturated heterocycles. The number of aryl methyl sites for hydroxylation is 1. The topological polar surface area (TPSA) is 73.9 Å². The molecule has 0 fully saturated rings. The number of nitrogens with zero attached hydrogens (tertiary/aromatic N) is 3. The standard InChI is InChI=1S/C12H15N5OS/c1-8-9-3-2-5-17(11(9)16-15-8)7-10(18)14-12-13-4-6-19-12/h4,6H,2-3,5,7H2,1H3,(H,15,16)(H,13,14,18). The molecule has 0 unspecified atom stereocenters. The van der Waals surface area contributed by atoms with E-state index in [2.05, 4.69) is 20.5 Å². The van der Waals surface area contributed by atoms with Crippen LogP contribution in [0.3, 0.4) is 0 Å². The average molecular weight is 277 g/mol. The van der Waals surface area contributed by atoms with Crippen LogP contribution in [0.5, 0.6) is 0 Å². The van der Waals surface area contributed by atoms with Gasteiger partial charge in [-0.1, -0.05) is 0 Å². The second-order valence-corrected chi connectivity index (χ2v) is 5.46. The molecule has 0 bridgehead atoms. The van der Waals surface area contributed by atoms with Crippen molar-refractivity contribution in [2.24, 2.45) is 0 Å².